The van der Waals surface area contributed by atoms with Gasteiger partial charge >= 0.3 is 11.9 Å². The molecule has 0 amide bonds. The van der Waals surface area contributed by atoms with Crippen LogP contribution in [0.1, 0.15) is 46.7 Å². The van der Waals surface area contributed by atoms with E-state index in [1.807, 2.05) is 0 Å². The van der Waals surface area contributed by atoms with Gasteiger partial charge in [0.1, 0.15) is 31.6 Å². The second kappa shape index (κ2) is 17.2. The highest BCUT2D eigenvalue weighted by Crippen LogP contribution is 2.40. The number of hydrogen-bond donors (Lipinski definition) is 2. The van der Waals surface area contributed by atoms with Crippen molar-refractivity contribution in [1.29, 1.82) is 0 Å². The quantitative estimate of drug-likeness (QED) is 0.110. The first-order valence-corrected chi connectivity index (χ1v) is 18.1. The molecule has 0 atom stereocenters. The molecule has 292 valence electrons. The molecule has 0 fully saturated rings. The van der Waals surface area contributed by atoms with Gasteiger partial charge in [0, 0.05) is 10.8 Å². The molecular weight excluding hydrogens is 769 g/mol. The zero-order valence-corrected chi connectivity index (χ0v) is 29.5. The average Bonchev–Trinajstić information content (AvgIpc) is 3.10. The first-order chi connectivity index (χ1) is 25.4. The zero-order chi connectivity index (χ0) is 39.5. The van der Waals surface area contributed by atoms with Crippen LogP contribution in [0, 0.1) is 13.8 Å². The third-order valence-corrected chi connectivity index (χ3v) is 9.43. The molecule has 0 spiro atoms. The Hall–Kier alpha value is -6.60. The van der Waals surface area contributed by atoms with Crippen LogP contribution < -0.4 is 10.2 Å². The summed E-state index contributed by atoms with van der Waals surface area (Å²) in [7, 11) is -9.62. The third-order valence-electron chi connectivity index (χ3n) is 7.70. The number of aryl methyl sites for hydroxylation is 2. The molecule has 0 aliphatic rings. The summed E-state index contributed by atoms with van der Waals surface area (Å²) in [6, 6.07) is 23.4. The van der Waals surface area contributed by atoms with Crippen molar-refractivity contribution >= 4 is 76.5 Å². The Morgan fingerprint density at radius 3 is 1.20 bits per heavy atom. The van der Waals surface area contributed by atoms with Crippen LogP contribution in [0.25, 0.3) is 21.5 Å². The van der Waals surface area contributed by atoms with E-state index in [9.17, 15) is 56.0 Å². The highest BCUT2D eigenvalue weighted by Gasteiger charge is 2.15. The molecule has 0 saturated carbocycles. The topological polar surface area (TPSA) is 285 Å². The molecule has 0 aliphatic heterocycles. The van der Waals surface area contributed by atoms with Crippen LogP contribution in [0.4, 0.5) is 22.7 Å². The van der Waals surface area contributed by atoms with E-state index in [0.29, 0.717) is 32.7 Å². The van der Waals surface area contributed by atoms with Crippen LogP contribution in [0.15, 0.2) is 127 Å². The second-order valence-electron chi connectivity index (χ2n) is 11.5. The van der Waals surface area contributed by atoms with Gasteiger partial charge in [0.2, 0.25) is 0 Å². The van der Waals surface area contributed by atoms with E-state index < -0.39 is 64.6 Å². The summed E-state index contributed by atoms with van der Waals surface area (Å²) in [5, 5.41) is 60.1. The largest absolute Gasteiger partial charge is 0.870 e. The highest BCUT2D eigenvalue weighted by atomic mass is 32.2. The molecule has 0 radical (unpaired) electrons. The van der Waals surface area contributed by atoms with E-state index in [1.165, 1.54) is 36.4 Å². The number of hydrogen-bond acceptors (Lipinski definition) is 14. The average molecular weight is 801 g/mol. The lowest BCUT2D eigenvalue weighted by atomic mass is 10.0. The third kappa shape index (κ3) is 9.54. The van der Waals surface area contributed by atoms with Gasteiger partial charge in [-0.05, 0) is 72.1 Å². The van der Waals surface area contributed by atoms with Crippen molar-refractivity contribution in [2.75, 3.05) is 0 Å². The Balaban J connectivity index is 0.000000290. The van der Waals surface area contributed by atoms with E-state index in [4.69, 9.17) is 0 Å². The van der Waals surface area contributed by atoms with E-state index >= 15 is 0 Å². The molecule has 2 N–H and O–H groups in total. The van der Waals surface area contributed by atoms with Crippen molar-refractivity contribution in [2.24, 2.45) is 20.5 Å². The van der Waals surface area contributed by atoms with Crippen molar-refractivity contribution in [3.8, 4) is 11.5 Å². The first kappa shape index (κ1) is 43.8. The maximum atomic E-state index is 12.5. The summed E-state index contributed by atoms with van der Waals surface area (Å²) in [6.45, 7) is 3.21. The molecule has 0 bridgehead atoms. The fourth-order valence-electron chi connectivity index (χ4n) is 5.15. The SMILES string of the molecule is C.C.Cc1ccc(N=Nc2c([O-])c(C(=O)O)cc3ccccc23)c(S(=O)(=O)[O-])c1.Cc1ccc(N=Nc2c([O-])c(C(=O)O)cc3ccccc23)c(S(=O)(=O)[O-])c1. The van der Waals surface area contributed by atoms with Gasteiger partial charge < -0.3 is 29.5 Å². The van der Waals surface area contributed by atoms with Gasteiger partial charge in [-0.2, -0.15) is 10.2 Å². The number of benzene rings is 6. The van der Waals surface area contributed by atoms with Crippen molar-refractivity contribution in [1.82, 2.24) is 0 Å². The lowest BCUT2D eigenvalue weighted by Gasteiger charge is -2.16. The molecule has 6 rings (SSSR count). The van der Waals surface area contributed by atoms with Crippen LogP contribution >= 0.6 is 0 Å². The van der Waals surface area contributed by atoms with Gasteiger partial charge in [-0.25, -0.2) is 26.4 Å². The Kier molecular flexibility index (Phi) is 13.5. The van der Waals surface area contributed by atoms with Gasteiger partial charge in [0.05, 0.1) is 32.3 Å². The Bertz CT molecular complexity index is 2600. The number of carboxylic acid groups (broad SMARTS) is 2. The molecular formula is C38H32N4O12S2-4. The van der Waals surface area contributed by atoms with Crippen LogP contribution in [0.2, 0.25) is 0 Å². The van der Waals surface area contributed by atoms with E-state index in [1.54, 1.807) is 62.4 Å². The van der Waals surface area contributed by atoms with Crippen molar-refractivity contribution in [2.45, 2.75) is 38.5 Å². The Morgan fingerprint density at radius 1 is 0.536 bits per heavy atom. The van der Waals surface area contributed by atoms with Gasteiger partial charge in [-0.15, -0.1) is 10.2 Å². The molecule has 56 heavy (non-hydrogen) atoms. The lowest BCUT2D eigenvalue weighted by molar-refractivity contribution is -0.268. The van der Waals surface area contributed by atoms with Crippen molar-refractivity contribution in [3.63, 3.8) is 0 Å². The molecule has 0 saturated heterocycles. The second-order valence-corrected chi connectivity index (χ2v) is 14.2. The minimum atomic E-state index is -4.81. The number of carbonyl (C=O) groups is 2. The van der Waals surface area contributed by atoms with Crippen LogP contribution in [0.5, 0.6) is 11.5 Å². The van der Waals surface area contributed by atoms with Gasteiger partial charge in [-0.3, -0.25) is 0 Å². The summed E-state index contributed by atoms with van der Waals surface area (Å²) < 4.78 is 68.7. The lowest BCUT2D eigenvalue weighted by Crippen LogP contribution is -2.04. The molecule has 0 heterocycles. The van der Waals surface area contributed by atoms with Gasteiger partial charge in [0.25, 0.3) is 0 Å². The van der Waals surface area contributed by atoms with Crippen LogP contribution in [0.3, 0.4) is 0 Å². The van der Waals surface area contributed by atoms with Crippen molar-refractivity contribution < 1.29 is 56.0 Å². The van der Waals surface area contributed by atoms with E-state index in [0.717, 1.165) is 12.1 Å². The van der Waals surface area contributed by atoms with E-state index in [-0.39, 0.29) is 37.6 Å². The molecule has 0 aliphatic carbocycles. The molecule has 0 aromatic heterocycles. The maximum absolute atomic E-state index is 12.5. The standard InChI is InChI=1S/2C18H14N2O6S.2CH4/c2*1-10-6-7-14(15(8-10)27(24,25)26)19-20-16-12-5-3-2-4-11(12)9-13(17(16)21)18(22)23;;/h2*2-9,21H,1H3,(H,22,23)(H,24,25,26);2*1H4/p-4. The fourth-order valence-corrected chi connectivity index (χ4v) is 6.54. The molecule has 18 heteroatoms. The van der Waals surface area contributed by atoms with Gasteiger partial charge in [0.15, 0.2) is 0 Å². The number of aromatic carboxylic acids is 2. The highest BCUT2D eigenvalue weighted by molar-refractivity contribution is 7.86. The number of rotatable bonds is 8. The van der Waals surface area contributed by atoms with Crippen LogP contribution in [-0.4, -0.2) is 48.1 Å². The first-order valence-electron chi connectivity index (χ1n) is 15.3. The molecule has 16 nitrogen and oxygen atoms in total. The number of nitrogens with zero attached hydrogens (tertiary/aromatic N) is 4. The van der Waals surface area contributed by atoms with Gasteiger partial charge in [-0.1, -0.05) is 87.0 Å². The van der Waals surface area contributed by atoms with Crippen molar-refractivity contribution in [3.05, 3.63) is 119 Å². The summed E-state index contributed by atoms with van der Waals surface area (Å²) in [4.78, 5) is 21.5. The monoisotopic (exact) mass is 800 g/mol. The molecule has 6 aromatic carbocycles. The predicted molar refractivity (Wildman–Crippen MR) is 201 cm³/mol. The minimum Gasteiger partial charge on any atom is -0.870 e. The van der Waals surface area contributed by atoms with Crippen LogP contribution in [-0.2, 0) is 20.2 Å². The molecule has 0 unspecified atom stereocenters. The molecule has 6 aromatic rings. The summed E-state index contributed by atoms with van der Waals surface area (Å²) in [5.74, 6) is -4.55. The number of carboxylic acids is 2. The van der Waals surface area contributed by atoms with E-state index in [2.05, 4.69) is 20.5 Å². The summed E-state index contributed by atoms with van der Waals surface area (Å²) >= 11 is 0. The number of fused-ring (bicyclic) bond motifs is 2. The fraction of sp³-hybridized carbons (Fsp3) is 0.105. The maximum Gasteiger partial charge on any atom is 0.335 e. The smallest absolute Gasteiger partial charge is 0.335 e. The minimum absolute atomic E-state index is 0. The normalized spacial score (nSPS) is 11.5. The summed E-state index contributed by atoms with van der Waals surface area (Å²) in [5.41, 5.74) is -0.871. The number of azo groups is 2. The zero-order valence-electron chi connectivity index (χ0n) is 27.8. The Morgan fingerprint density at radius 2 is 0.875 bits per heavy atom. The Labute approximate surface area is 321 Å². The summed E-state index contributed by atoms with van der Waals surface area (Å²) in [6.07, 6.45) is 0. The predicted octanol–water partition coefficient (Wildman–Crippen LogP) is 7.75.